The second kappa shape index (κ2) is 6.19. The van der Waals surface area contributed by atoms with Crippen LogP contribution in [0.5, 0.6) is 0 Å². The van der Waals surface area contributed by atoms with Crippen molar-refractivity contribution < 1.29 is 22.5 Å². The number of carbonyl (C=O) groups is 1. The lowest BCUT2D eigenvalue weighted by Gasteiger charge is -2.07. The fourth-order valence-electron chi connectivity index (χ4n) is 2.06. The normalized spacial score (nSPS) is 11.3. The molecule has 0 atom stereocenters. The molecule has 3 aromatic rings. The van der Waals surface area contributed by atoms with E-state index in [0.717, 1.165) is 17.7 Å². The molecule has 1 aromatic heterocycles. The lowest BCUT2D eigenvalue weighted by molar-refractivity contribution is -0.137. The summed E-state index contributed by atoms with van der Waals surface area (Å²) in [6.07, 6.45) is -4.42. The smallest absolute Gasteiger partial charge is 0.355 e. The van der Waals surface area contributed by atoms with Crippen molar-refractivity contribution in [2.24, 2.45) is 0 Å². The van der Waals surface area contributed by atoms with Crippen LogP contribution >= 0.6 is 0 Å². The van der Waals surface area contributed by atoms with E-state index in [1.54, 1.807) is 12.1 Å². The lowest BCUT2D eigenvalue weighted by atomic mass is 10.1. The molecule has 0 saturated heterocycles. The molecule has 0 saturated carbocycles. The molecule has 0 fully saturated rings. The molecule has 0 aliphatic rings. The Morgan fingerprint density at radius 2 is 1.67 bits per heavy atom. The van der Waals surface area contributed by atoms with Crippen LogP contribution in [-0.2, 0) is 6.18 Å². The Morgan fingerprint density at radius 1 is 1.00 bits per heavy atom. The van der Waals surface area contributed by atoms with Crippen molar-refractivity contribution in [1.29, 1.82) is 0 Å². The number of anilines is 1. The van der Waals surface area contributed by atoms with Gasteiger partial charge in [-0.1, -0.05) is 35.5 Å². The minimum Gasteiger partial charge on any atom is -0.355 e. The first-order valence-electron chi connectivity index (χ1n) is 6.94. The average molecular weight is 332 g/mol. The second-order valence-corrected chi connectivity index (χ2v) is 4.97. The van der Waals surface area contributed by atoms with Crippen molar-refractivity contribution in [3.05, 3.63) is 71.9 Å². The highest BCUT2D eigenvalue weighted by molar-refractivity contribution is 6.03. The van der Waals surface area contributed by atoms with E-state index >= 15 is 0 Å². The molecule has 1 amide bonds. The number of rotatable bonds is 3. The van der Waals surface area contributed by atoms with Crippen molar-refractivity contribution in [2.75, 3.05) is 5.32 Å². The van der Waals surface area contributed by atoms with Gasteiger partial charge < -0.3 is 9.84 Å². The molecule has 7 heteroatoms. The number of nitrogens with one attached hydrogen (secondary N) is 1. The van der Waals surface area contributed by atoms with Crippen LogP contribution in [0.4, 0.5) is 18.9 Å². The van der Waals surface area contributed by atoms with E-state index < -0.39 is 17.6 Å². The van der Waals surface area contributed by atoms with Crippen molar-refractivity contribution in [1.82, 2.24) is 5.16 Å². The molecule has 0 unspecified atom stereocenters. The summed E-state index contributed by atoms with van der Waals surface area (Å²) in [5, 5.41) is 6.15. The number of hydrogen-bond acceptors (Lipinski definition) is 3. The quantitative estimate of drug-likeness (QED) is 0.762. The maximum Gasteiger partial charge on any atom is 0.416 e. The van der Waals surface area contributed by atoms with E-state index in [1.165, 1.54) is 18.2 Å². The van der Waals surface area contributed by atoms with Gasteiger partial charge >= 0.3 is 6.18 Å². The highest BCUT2D eigenvalue weighted by Crippen LogP contribution is 2.30. The van der Waals surface area contributed by atoms with Crippen molar-refractivity contribution in [3.63, 3.8) is 0 Å². The van der Waals surface area contributed by atoms with Crippen LogP contribution in [0.15, 0.2) is 65.2 Å². The van der Waals surface area contributed by atoms with Gasteiger partial charge in [-0.25, -0.2) is 0 Å². The molecule has 0 aliphatic heterocycles. The number of carbonyl (C=O) groups excluding carboxylic acids is 1. The Morgan fingerprint density at radius 3 is 2.29 bits per heavy atom. The van der Waals surface area contributed by atoms with E-state index in [1.807, 2.05) is 18.2 Å². The van der Waals surface area contributed by atoms with E-state index in [0.29, 0.717) is 5.76 Å². The number of nitrogens with zero attached hydrogens (tertiary/aromatic N) is 1. The summed E-state index contributed by atoms with van der Waals surface area (Å²) in [6, 6.07) is 14.7. The van der Waals surface area contributed by atoms with E-state index in [2.05, 4.69) is 10.5 Å². The van der Waals surface area contributed by atoms with Crippen LogP contribution in [0.2, 0.25) is 0 Å². The minimum atomic E-state index is -4.42. The molecule has 3 rings (SSSR count). The van der Waals surface area contributed by atoms with Gasteiger partial charge in [0.25, 0.3) is 5.91 Å². The molecule has 1 heterocycles. The summed E-state index contributed by atoms with van der Waals surface area (Å²) >= 11 is 0. The highest BCUT2D eigenvalue weighted by atomic mass is 19.4. The standard InChI is InChI=1S/C17H11F3N2O2/c18-17(19,20)12-6-8-13(9-7-12)21-16(23)14-10-15(24-22-14)11-4-2-1-3-5-11/h1-10H,(H,21,23). The zero-order valence-electron chi connectivity index (χ0n) is 12.2. The molecular formula is C17H11F3N2O2. The van der Waals surface area contributed by atoms with Crippen LogP contribution in [0, 0.1) is 0 Å². The average Bonchev–Trinajstić information content (AvgIpc) is 3.05. The summed E-state index contributed by atoms with van der Waals surface area (Å²) in [5.41, 5.74) is 0.248. The molecule has 0 radical (unpaired) electrons. The van der Waals surface area contributed by atoms with Crippen LogP contribution in [0.1, 0.15) is 16.1 Å². The predicted molar refractivity (Wildman–Crippen MR) is 81.3 cm³/mol. The van der Waals surface area contributed by atoms with Crippen LogP contribution in [-0.4, -0.2) is 11.1 Å². The van der Waals surface area contributed by atoms with Gasteiger partial charge in [-0.05, 0) is 24.3 Å². The number of alkyl halides is 3. The largest absolute Gasteiger partial charge is 0.416 e. The first-order chi connectivity index (χ1) is 11.4. The first-order valence-corrected chi connectivity index (χ1v) is 6.94. The molecule has 0 spiro atoms. The van der Waals surface area contributed by atoms with Gasteiger partial charge in [0.15, 0.2) is 11.5 Å². The molecule has 4 nitrogen and oxygen atoms in total. The van der Waals surface area contributed by atoms with Gasteiger partial charge in [0, 0.05) is 17.3 Å². The van der Waals surface area contributed by atoms with E-state index in [-0.39, 0.29) is 11.4 Å². The Hall–Kier alpha value is -3.09. The predicted octanol–water partition coefficient (Wildman–Crippen LogP) is 4.61. The number of amides is 1. The van der Waals surface area contributed by atoms with Gasteiger partial charge in [0.05, 0.1) is 5.56 Å². The van der Waals surface area contributed by atoms with Gasteiger partial charge in [0.1, 0.15) is 0 Å². The van der Waals surface area contributed by atoms with Crippen molar-refractivity contribution in [2.45, 2.75) is 6.18 Å². The molecule has 2 aromatic carbocycles. The fourth-order valence-corrected chi connectivity index (χ4v) is 2.06. The number of hydrogen-bond donors (Lipinski definition) is 1. The van der Waals surface area contributed by atoms with Crippen LogP contribution < -0.4 is 5.32 Å². The van der Waals surface area contributed by atoms with Gasteiger partial charge in [-0.3, -0.25) is 4.79 Å². The highest BCUT2D eigenvalue weighted by Gasteiger charge is 2.30. The Labute approximate surface area is 134 Å². The third-order valence-corrected chi connectivity index (χ3v) is 3.27. The molecule has 24 heavy (non-hydrogen) atoms. The van der Waals surface area contributed by atoms with Gasteiger partial charge in [-0.2, -0.15) is 13.2 Å². The Balaban J connectivity index is 1.73. The SMILES string of the molecule is O=C(Nc1ccc(C(F)(F)F)cc1)c1cc(-c2ccccc2)on1. The Kier molecular flexibility index (Phi) is 4.07. The summed E-state index contributed by atoms with van der Waals surface area (Å²) in [6.45, 7) is 0. The molecule has 1 N–H and O–H groups in total. The fraction of sp³-hybridized carbons (Fsp3) is 0.0588. The summed E-state index contributed by atoms with van der Waals surface area (Å²) in [5.74, 6) is -0.145. The minimum absolute atomic E-state index is 0.0359. The second-order valence-electron chi connectivity index (χ2n) is 4.97. The third kappa shape index (κ3) is 3.45. The zero-order chi connectivity index (χ0) is 17.2. The Bertz CT molecular complexity index is 840. The summed E-state index contributed by atoms with van der Waals surface area (Å²) in [7, 11) is 0. The first kappa shape index (κ1) is 15.8. The molecular weight excluding hydrogens is 321 g/mol. The van der Waals surface area contributed by atoms with Crippen molar-refractivity contribution >= 4 is 11.6 Å². The van der Waals surface area contributed by atoms with Crippen LogP contribution in [0.3, 0.4) is 0 Å². The van der Waals surface area contributed by atoms with E-state index in [4.69, 9.17) is 4.52 Å². The summed E-state index contributed by atoms with van der Waals surface area (Å²) in [4.78, 5) is 12.1. The zero-order valence-corrected chi connectivity index (χ0v) is 12.2. The number of halogens is 3. The molecule has 122 valence electrons. The maximum absolute atomic E-state index is 12.5. The van der Waals surface area contributed by atoms with Crippen molar-refractivity contribution in [3.8, 4) is 11.3 Å². The van der Waals surface area contributed by atoms with Gasteiger partial charge in [-0.15, -0.1) is 0 Å². The van der Waals surface area contributed by atoms with E-state index in [9.17, 15) is 18.0 Å². The number of aromatic nitrogens is 1. The monoisotopic (exact) mass is 332 g/mol. The summed E-state index contributed by atoms with van der Waals surface area (Å²) < 4.78 is 42.6. The maximum atomic E-state index is 12.5. The molecule has 0 bridgehead atoms. The molecule has 0 aliphatic carbocycles. The third-order valence-electron chi connectivity index (χ3n) is 3.27. The lowest BCUT2D eigenvalue weighted by Crippen LogP contribution is -2.12. The van der Waals surface area contributed by atoms with Gasteiger partial charge in [0.2, 0.25) is 0 Å². The van der Waals surface area contributed by atoms with Crippen LogP contribution in [0.25, 0.3) is 11.3 Å². The topological polar surface area (TPSA) is 55.1 Å². The number of benzene rings is 2.